The van der Waals surface area contributed by atoms with E-state index in [1.807, 2.05) is 6.07 Å². The maximum atomic E-state index is 12.3. The van der Waals surface area contributed by atoms with Gasteiger partial charge in [0, 0.05) is 6.54 Å². The second-order valence-corrected chi connectivity index (χ2v) is 6.68. The third-order valence-corrected chi connectivity index (χ3v) is 4.74. The fraction of sp³-hybridized carbons (Fsp3) is 0.235. The minimum absolute atomic E-state index is 0.0207. The summed E-state index contributed by atoms with van der Waals surface area (Å²) in [5, 5.41) is 0. The summed E-state index contributed by atoms with van der Waals surface area (Å²) in [6.45, 7) is 0.180. The van der Waals surface area contributed by atoms with E-state index < -0.39 is 16.0 Å². The quantitative estimate of drug-likeness (QED) is 0.567. The van der Waals surface area contributed by atoms with E-state index >= 15 is 0 Å². The van der Waals surface area contributed by atoms with Gasteiger partial charge in [0.05, 0.1) is 24.7 Å². The standard InChI is InChI=1S/C17H19NO6S/c1-22-15-8-3-4-9-16(15)24-11-10-18-25(20,21)14-7-5-6-13(12-14)17(19)23-2/h3-9,12,18H,10-11H2,1-2H3. The maximum absolute atomic E-state index is 12.3. The first kappa shape index (κ1) is 18.8. The van der Waals surface area contributed by atoms with Crippen molar-refractivity contribution < 1.29 is 27.4 Å². The Morgan fingerprint density at radius 2 is 1.76 bits per heavy atom. The van der Waals surface area contributed by atoms with Crippen LogP contribution in [-0.2, 0) is 14.8 Å². The normalized spacial score (nSPS) is 11.0. The number of nitrogens with one attached hydrogen (secondary N) is 1. The van der Waals surface area contributed by atoms with Crippen LogP contribution in [0.4, 0.5) is 0 Å². The lowest BCUT2D eigenvalue weighted by Gasteiger charge is -2.11. The van der Waals surface area contributed by atoms with Gasteiger partial charge in [0.15, 0.2) is 11.5 Å². The summed E-state index contributed by atoms with van der Waals surface area (Å²) in [6, 6.07) is 12.7. The van der Waals surface area contributed by atoms with Gasteiger partial charge in [0.1, 0.15) is 6.61 Å². The molecule has 0 aliphatic heterocycles. The van der Waals surface area contributed by atoms with Crippen molar-refractivity contribution in [3.63, 3.8) is 0 Å². The third kappa shape index (κ3) is 4.94. The van der Waals surface area contributed by atoms with Crippen molar-refractivity contribution in [2.75, 3.05) is 27.4 Å². The lowest BCUT2D eigenvalue weighted by atomic mass is 10.2. The predicted molar refractivity (Wildman–Crippen MR) is 91.5 cm³/mol. The Labute approximate surface area is 146 Å². The summed E-state index contributed by atoms with van der Waals surface area (Å²) in [5.74, 6) is 0.490. The van der Waals surface area contributed by atoms with Gasteiger partial charge in [-0.2, -0.15) is 0 Å². The minimum Gasteiger partial charge on any atom is -0.493 e. The Bertz CT molecular complexity index is 835. The summed E-state index contributed by atoms with van der Waals surface area (Å²) in [5.41, 5.74) is 0.163. The van der Waals surface area contributed by atoms with E-state index in [1.54, 1.807) is 18.2 Å². The number of methoxy groups -OCH3 is 2. The third-order valence-electron chi connectivity index (χ3n) is 3.29. The van der Waals surface area contributed by atoms with E-state index in [0.29, 0.717) is 11.5 Å². The molecule has 2 aromatic rings. The van der Waals surface area contributed by atoms with E-state index in [9.17, 15) is 13.2 Å². The molecular weight excluding hydrogens is 346 g/mol. The molecule has 1 N–H and O–H groups in total. The van der Waals surface area contributed by atoms with E-state index in [0.717, 1.165) is 0 Å². The number of hydrogen-bond acceptors (Lipinski definition) is 6. The molecule has 25 heavy (non-hydrogen) atoms. The average Bonchev–Trinajstić information content (AvgIpc) is 2.65. The fourth-order valence-corrected chi connectivity index (χ4v) is 3.13. The number of para-hydroxylation sites is 2. The molecule has 0 atom stereocenters. The van der Waals surface area contributed by atoms with Gasteiger partial charge in [-0.15, -0.1) is 0 Å². The highest BCUT2D eigenvalue weighted by Gasteiger charge is 2.16. The van der Waals surface area contributed by atoms with Gasteiger partial charge in [-0.3, -0.25) is 0 Å². The number of carbonyl (C=O) groups is 1. The van der Waals surface area contributed by atoms with Crippen molar-refractivity contribution in [2.45, 2.75) is 4.90 Å². The molecule has 0 fully saturated rings. The second kappa shape index (κ2) is 8.50. The lowest BCUT2D eigenvalue weighted by molar-refractivity contribution is 0.0600. The molecule has 0 radical (unpaired) electrons. The lowest BCUT2D eigenvalue weighted by Crippen LogP contribution is -2.28. The SMILES string of the molecule is COC(=O)c1cccc(S(=O)(=O)NCCOc2ccccc2OC)c1. The molecule has 0 saturated carbocycles. The van der Waals surface area contributed by atoms with Crippen molar-refractivity contribution in [3.8, 4) is 11.5 Å². The van der Waals surface area contributed by atoms with Gasteiger partial charge < -0.3 is 14.2 Å². The number of carbonyl (C=O) groups excluding carboxylic acids is 1. The predicted octanol–water partition coefficient (Wildman–Crippen LogP) is 1.84. The molecule has 0 heterocycles. The van der Waals surface area contributed by atoms with Gasteiger partial charge in [-0.25, -0.2) is 17.9 Å². The van der Waals surface area contributed by atoms with Crippen LogP contribution in [0, 0.1) is 0 Å². The van der Waals surface area contributed by atoms with Crippen LogP contribution in [0.3, 0.4) is 0 Å². The molecule has 0 unspecified atom stereocenters. The van der Waals surface area contributed by atoms with Crippen LogP contribution in [0.15, 0.2) is 53.4 Å². The number of ether oxygens (including phenoxy) is 3. The molecule has 0 aromatic heterocycles. The molecule has 2 rings (SSSR count). The Morgan fingerprint density at radius 3 is 2.44 bits per heavy atom. The number of esters is 1. The van der Waals surface area contributed by atoms with Gasteiger partial charge in [-0.1, -0.05) is 18.2 Å². The zero-order valence-corrected chi connectivity index (χ0v) is 14.7. The molecule has 8 heteroatoms. The summed E-state index contributed by atoms with van der Waals surface area (Å²) in [7, 11) is -1.00. The van der Waals surface area contributed by atoms with E-state index in [1.165, 1.54) is 38.5 Å². The first-order valence-corrected chi connectivity index (χ1v) is 8.90. The molecular formula is C17H19NO6S. The van der Waals surface area contributed by atoms with Crippen molar-refractivity contribution in [1.82, 2.24) is 4.72 Å². The summed E-state index contributed by atoms with van der Waals surface area (Å²) >= 11 is 0. The highest BCUT2D eigenvalue weighted by Crippen LogP contribution is 2.25. The number of hydrogen-bond donors (Lipinski definition) is 1. The Balaban J connectivity index is 1.97. The topological polar surface area (TPSA) is 90.9 Å². The molecule has 0 saturated heterocycles. The molecule has 0 spiro atoms. The van der Waals surface area contributed by atoms with E-state index in [-0.39, 0.29) is 23.6 Å². The van der Waals surface area contributed by atoms with Gasteiger partial charge in [0.25, 0.3) is 0 Å². The van der Waals surface area contributed by atoms with Crippen molar-refractivity contribution >= 4 is 16.0 Å². The highest BCUT2D eigenvalue weighted by atomic mass is 32.2. The smallest absolute Gasteiger partial charge is 0.337 e. The fourth-order valence-electron chi connectivity index (χ4n) is 2.07. The van der Waals surface area contributed by atoms with Crippen molar-refractivity contribution in [1.29, 1.82) is 0 Å². The minimum atomic E-state index is -3.76. The number of benzene rings is 2. The molecule has 0 amide bonds. The molecule has 134 valence electrons. The molecule has 0 bridgehead atoms. The van der Waals surface area contributed by atoms with Crippen LogP contribution in [0.2, 0.25) is 0 Å². The van der Waals surface area contributed by atoms with Crippen LogP contribution in [0.5, 0.6) is 11.5 Å². The highest BCUT2D eigenvalue weighted by molar-refractivity contribution is 7.89. The van der Waals surface area contributed by atoms with Gasteiger partial charge in [0.2, 0.25) is 10.0 Å². The van der Waals surface area contributed by atoms with Crippen molar-refractivity contribution in [2.24, 2.45) is 0 Å². The summed E-state index contributed by atoms with van der Waals surface area (Å²) in [4.78, 5) is 11.5. The first-order chi connectivity index (χ1) is 12.0. The Morgan fingerprint density at radius 1 is 1.04 bits per heavy atom. The van der Waals surface area contributed by atoms with Crippen LogP contribution in [0.1, 0.15) is 10.4 Å². The summed E-state index contributed by atoms with van der Waals surface area (Å²) < 4.78 is 42.2. The molecule has 2 aromatic carbocycles. The zero-order valence-electron chi connectivity index (χ0n) is 13.9. The van der Waals surface area contributed by atoms with E-state index in [4.69, 9.17) is 9.47 Å². The zero-order chi connectivity index (χ0) is 18.3. The Hall–Kier alpha value is -2.58. The largest absolute Gasteiger partial charge is 0.493 e. The first-order valence-electron chi connectivity index (χ1n) is 7.42. The second-order valence-electron chi connectivity index (χ2n) is 4.92. The van der Waals surface area contributed by atoms with Crippen LogP contribution in [-0.4, -0.2) is 41.8 Å². The van der Waals surface area contributed by atoms with E-state index in [2.05, 4.69) is 9.46 Å². The van der Waals surface area contributed by atoms with Gasteiger partial charge in [-0.05, 0) is 30.3 Å². The monoisotopic (exact) mass is 365 g/mol. The van der Waals surface area contributed by atoms with Crippen LogP contribution < -0.4 is 14.2 Å². The Kier molecular flexibility index (Phi) is 6.37. The van der Waals surface area contributed by atoms with Crippen LogP contribution in [0.25, 0.3) is 0 Å². The van der Waals surface area contributed by atoms with Crippen molar-refractivity contribution in [3.05, 3.63) is 54.1 Å². The maximum Gasteiger partial charge on any atom is 0.337 e. The molecule has 0 aliphatic rings. The summed E-state index contributed by atoms with van der Waals surface area (Å²) in [6.07, 6.45) is 0. The molecule has 0 aliphatic carbocycles. The number of rotatable bonds is 8. The number of sulfonamides is 1. The van der Waals surface area contributed by atoms with Crippen LogP contribution >= 0.6 is 0 Å². The van der Waals surface area contributed by atoms with Gasteiger partial charge >= 0.3 is 5.97 Å². The molecule has 7 nitrogen and oxygen atoms in total. The average molecular weight is 365 g/mol.